The normalized spacial score (nSPS) is 20.2. The lowest BCUT2D eigenvalue weighted by molar-refractivity contribution is -0.128. The van der Waals surface area contributed by atoms with Crippen molar-refractivity contribution in [2.24, 2.45) is 0 Å². The summed E-state index contributed by atoms with van der Waals surface area (Å²) in [6, 6.07) is -1.08. The van der Waals surface area contributed by atoms with Crippen LogP contribution in [0, 0.1) is 0 Å². The first-order chi connectivity index (χ1) is 7.60. The first kappa shape index (κ1) is 12.8. The van der Waals surface area contributed by atoms with Crippen molar-refractivity contribution in [2.45, 2.75) is 19.4 Å². The van der Waals surface area contributed by atoms with Gasteiger partial charge in [-0.2, -0.15) is 0 Å². The number of amides is 4. The van der Waals surface area contributed by atoms with Crippen molar-refractivity contribution < 1.29 is 14.4 Å². The van der Waals surface area contributed by atoms with Crippen LogP contribution >= 0.6 is 11.6 Å². The summed E-state index contributed by atoms with van der Waals surface area (Å²) in [5.74, 6) is -1.03. The Morgan fingerprint density at radius 2 is 2.31 bits per heavy atom. The molecular weight excluding hydrogens is 234 g/mol. The summed E-state index contributed by atoms with van der Waals surface area (Å²) in [7, 11) is 0. The van der Waals surface area contributed by atoms with Gasteiger partial charge in [-0.05, 0) is 6.42 Å². The van der Waals surface area contributed by atoms with E-state index in [9.17, 15) is 14.4 Å². The summed E-state index contributed by atoms with van der Waals surface area (Å²) in [6.45, 7) is 2.60. The Bertz CT molecular complexity index is 308. The average molecular weight is 248 g/mol. The van der Waals surface area contributed by atoms with Crippen molar-refractivity contribution in [3.05, 3.63) is 0 Å². The predicted octanol–water partition coefficient (Wildman–Crippen LogP) is -0.328. The minimum absolute atomic E-state index is 0.192. The zero-order chi connectivity index (χ0) is 12.1. The summed E-state index contributed by atoms with van der Waals surface area (Å²) in [5.41, 5.74) is 0. The maximum absolute atomic E-state index is 11.6. The van der Waals surface area contributed by atoms with Crippen LogP contribution in [-0.2, 0) is 9.59 Å². The second kappa shape index (κ2) is 5.69. The third-order valence-corrected chi connectivity index (χ3v) is 2.59. The summed E-state index contributed by atoms with van der Waals surface area (Å²) in [4.78, 5) is 35.4. The minimum atomic E-state index is -0.563. The largest absolute Gasteiger partial charge is 0.353 e. The maximum Gasteiger partial charge on any atom is 0.324 e. The van der Waals surface area contributed by atoms with Crippen LogP contribution in [-0.4, -0.2) is 47.8 Å². The minimum Gasteiger partial charge on any atom is -0.353 e. The molecule has 1 saturated heterocycles. The molecule has 0 spiro atoms. The Morgan fingerprint density at radius 1 is 1.62 bits per heavy atom. The summed E-state index contributed by atoms with van der Waals surface area (Å²) in [5, 5.41) is 4.78. The number of alkyl halides is 1. The van der Waals surface area contributed by atoms with Crippen LogP contribution in [0.25, 0.3) is 0 Å². The fourth-order valence-electron chi connectivity index (χ4n) is 1.59. The highest BCUT2D eigenvalue weighted by molar-refractivity contribution is 6.28. The van der Waals surface area contributed by atoms with E-state index >= 15 is 0 Å². The van der Waals surface area contributed by atoms with Gasteiger partial charge in [0, 0.05) is 13.1 Å². The number of urea groups is 1. The van der Waals surface area contributed by atoms with E-state index in [0.717, 1.165) is 0 Å². The topological polar surface area (TPSA) is 78.5 Å². The van der Waals surface area contributed by atoms with Gasteiger partial charge >= 0.3 is 6.03 Å². The van der Waals surface area contributed by atoms with Gasteiger partial charge in [0.1, 0.15) is 11.9 Å². The van der Waals surface area contributed by atoms with Crippen LogP contribution < -0.4 is 10.6 Å². The van der Waals surface area contributed by atoms with Crippen molar-refractivity contribution in [1.29, 1.82) is 0 Å². The number of hydrogen-bond acceptors (Lipinski definition) is 3. The van der Waals surface area contributed by atoms with E-state index in [4.69, 9.17) is 11.6 Å². The van der Waals surface area contributed by atoms with E-state index in [1.165, 1.54) is 4.90 Å². The van der Waals surface area contributed by atoms with Crippen LogP contribution in [0.5, 0.6) is 0 Å². The lowest BCUT2D eigenvalue weighted by Gasteiger charge is -2.34. The Balaban J connectivity index is 2.65. The number of nitrogens with one attached hydrogen (secondary N) is 2. The molecule has 0 bridgehead atoms. The Morgan fingerprint density at radius 3 is 2.88 bits per heavy atom. The monoisotopic (exact) mass is 247 g/mol. The van der Waals surface area contributed by atoms with Gasteiger partial charge in [-0.3, -0.25) is 14.9 Å². The average Bonchev–Trinajstić information content (AvgIpc) is 2.28. The van der Waals surface area contributed by atoms with E-state index in [1.54, 1.807) is 6.92 Å². The number of rotatable bonds is 2. The number of nitrogens with zero attached hydrogens (tertiary/aromatic N) is 1. The molecule has 0 radical (unpaired) electrons. The summed E-state index contributed by atoms with van der Waals surface area (Å²) >= 11 is 5.27. The molecule has 1 atom stereocenters. The summed E-state index contributed by atoms with van der Waals surface area (Å²) < 4.78 is 0. The smallest absolute Gasteiger partial charge is 0.324 e. The zero-order valence-corrected chi connectivity index (χ0v) is 9.71. The molecule has 0 saturated carbocycles. The SMILES string of the molecule is CCC1C(=O)NCCN1C(=O)NC(=O)CCl. The standard InChI is InChI=1S/C9H14ClN3O3/c1-2-6-8(15)11-3-4-13(6)9(16)12-7(14)5-10/h6H,2-5H2,1H3,(H,11,15)(H,12,14,16). The van der Waals surface area contributed by atoms with E-state index in [0.29, 0.717) is 19.5 Å². The molecule has 16 heavy (non-hydrogen) atoms. The van der Waals surface area contributed by atoms with Gasteiger partial charge in [0.05, 0.1) is 0 Å². The van der Waals surface area contributed by atoms with Crippen molar-refractivity contribution in [3.8, 4) is 0 Å². The van der Waals surface area contributed by atoms with Gasteiger partial charge in [-0.25, -0.2) is 4.79 Å². The fraction of sp³-hybridized carbons (Fsp3) is 0.667. The Kier molecular flexibility index (Phi) is 4.54. The Hall–Kier alpha value is -1.30. The van der Waals surface area contributed by atoms with Gasteiger partial charge in [0.25, 0.3) is 0 Å². The highest BCUT2D eigenvalue weighted by Crippen LogP contribution is 2.08. The molecule has 1 aliphatic heterocycles. The molecule has 4 amide bonds. The van der Waals surface area contributed by atoms with Gasteiger partial charge < -0.3 is 10.2 Å². The highest BCUT2D eigenvalue weighted by atomic mass is 35.5. The van der Waals surface area contributed by atoms with Crippen LogP contribution in [0.4, 0.5) is 4.79 Å². The molecule has 0 aliphatic carbocycles. The number of carbonyl (C=O) groups is 3. The number of imide groups is 1. The van der Waals surface area contributed by atoms with Gasteiger partial charge in [-0.1, -0.05) is 6.92 Å². The lowest BCUT2D eigenvalue weighted by atomic mass is 10.1. The fourth-order valence-corrected chi connectivity index (χ4v) is 1.65. The molecule has 6 nitrogen and oxygen atoms in total. The van der Waals surface area contributed by atoms with Crippen molar-refractivity contribution in [1.82, 2.24) is 15.5 Å². The second-order valence-corrected chi connectivity index (χ2v) is 3.66. The highest BCUT2D eigenvalue weighted by Gasteiger charge is 2.31. The lowest BCUT2D eigenvalue weighted by Crippen LogP contribution is -2.59. The van der Waals surface area contributed by atoms with Crippen LogP contribution in [0.2, 0.25) is 0 Å². The molecule has 0 aromatic carbocycles. The molecule has 1 aliphatic rings. The molecular formula is C9H14ClN3O3. The third-order valence-electron chi connectivity index (χ3n) is 2.35. The van der Waals surface area contributed by atoms with E-state index < -0.39 is 18.0 Å². The van der Waals surface area contributed by atoms with Gasteiger partial charge in [-0.15, -0.1) is 11.6 Å². The molecule has 7 heteroatoms. The number of carbonyl (C=O) groups excluding carboxylic acids is 3. The number of hydrogen-bond donors (Lipinski definition) is 2. The molecule has 1 fully saturated rings. The van der Waals surface area contributed by atoms with Crippen molar-refractivity contribution in [3.63, 3.8) is 0 Å². The molecule has 90 valence electrons. The van der Waals surface area contributed by atoms with Gasteiger partial charge in [0.2, 0.25) is 11.8 Å². The predicted molar refractivity (Wildman–Crippen MR) is 58.1 cm³/mol. The summed E-state index contributed by atoms with van der Waals surface area (Å²) in [6.07, 6.45) is 0.508. The quantitative estimate of drug-likeness (QED) is 0.656. The van der Waals surface area contributed by atoms with Crippen LogP contribution in [0.15, 0.2) is 0 Å². The van der Waals surface area contributed by atoms with E-state index in [-0.39, 0.29) is 11.8 Å². The van der Waals surface area contributed by atoms with Crippen LogP contribution in [0.3, 0.4) is 0 Å². The first-order valence-electron chi connectivity index (χ1n) is 5.04. The maximum atomic E-state index is 11.6. The molecule has 2 N–H and O–H groups in total. The van der Waals surface area contributed by atoms with E-state index in [1.807, 2.05) is 0 Å². The van der Waals surface area contributed by atoms with Gasteiger partial charge in [0.15, 0.2) is 0 Å². The molecule has 0 aromatic heterocycles. The number of piperazine rings is 1. The van der Waals surface area contributed by atoms with Crippen molar-refractivity contribution in [2.75, 3.05) is 19.0 Å². The first-order valence-corrected chi connectivity index (χ1v) is 5.57. The number of halogens is 1. The Labute approximate surface area is 98.3 Å². The van der Waals surface area contributed by atoms with Crippen molar-refractivity contribution >= 4 is 29.4 Å². The van der Waals surface area contributed by atoms with E-state index in [2.05, 4.69) is 10.6 Å². The zero-order valence-electron chi connectivity index (χ0n) is 8.96. The van der Waals surface area contributed by atoms with Crippen LogP contribution in [0.1, 0.15) is 13.3 Å². The molecule has 1 heterocycles. The molecule has 1 unspecified atom stereocenters. The molecule has 1 rings (SSSR count). The molecule has 0 aromatic rings. The second-order valence-electron chi connectivity index (χ2n) is 3.40. The third kappa shape index (κ3) is 2.85.